The van der Waals surface area contributed by atoms with E-state index in [1.54, 1.807) is 0 Å². The van der Waals surface area contributed by atoms with Gasteiger partial charge in [0.2, 0.25) is 0 Å². The third-order valence-electron chi connectivity index (χ3n) is 0. The van der Waals surface area contributed by atoms with Gasteiger partial charge in [0.05, 0.1) is 0 Å². The van der Waals surface area contributed by atoms with E-state index in [-0.39, 0.29) is 30.3 Å². The Bertz CT molecular complexity index is 11.6. The first-order valence-corrected chi connectivity index (χ1v) is 4.50. The molecule has 0 saturated carbocycles. The van der Waals surface area contributed by atoms with Crippen LogP contribution in [0.3, 0.4) is 0 Å². The van der Waals surface area contributed by atoms with Gasteiger partial charge in [-0.3, -0.25) is 0 Å². The molecule has 1 radical (unpaired) electrons. The molecular formula is C3H10AuP+. The van der Waals surface area contributed by atoms with Crippen LogP contribution < -0.4 is 0 Å². The largest absolute Gasteiger partial charge is 0.0461 e. The minimum atomic E-state index is 0. The Morgan fingerprint density at radius 2 is 1.00 bits per heavy atom. The maximum absolute atomic E-state index is 2.27. The summed E-state index contributed by atoms with van der Waals surface area (Å²) in [7, 11) is 0.120. The molecule has 5 heavy (non-hydrogen) atoms. The van der Waals surface area contributed by atoms with Crippen LogP contribution in [0.1, 0.15) is 0 Å². The summed E-state index contributed by atoms with van der Waals surface area (Å²) in [6, 6.07) is 0. The minimum absolute atomic E-state index is 0. The van der Waals surface area contributed by atoms with Gasteiger partial charge in [-0.15, -0.1) is 0 Å². The van der Waals surface area contributed by atoms with Gasteiger partial charge in [-0.1, -0.05) is 0 Å². The van der Waals surface area contributed by atoms with Gasteiger partial charge < -0.3 is 0 Å². The van der Waals surface area contributed by atoms with Gasteiger partial charge in [-0.25, -0.2) is 0 Å². The molecule has 0 amide bonds. The van der Waals surface area contributed by atoms with Gasteiger partial charge in [0.15, 0.2) is 0 Å². The van der Waals surface area contributed by atoms with E-state index in [0.717, 1.165) is 0 Å². The molecule has 0 aliphatic heterocycles. The predicted octanol–water partition coefficient (Wildman–Crippen LogP) is 1.09. The van der Waals surface area contributed by atoms with Crippen LogP contribution >= 0.6 is 7.92 Å². The second kappa shape index (κ2) is 5.17. The monoisotopic (exact) mass is 274 g/mol. The Labute approximate surface area is 50.6 Å². The third-order valence-corrected chi connectivity index (χ3v) is 0. The summed E-state index contributed by atoms with van der Waals surface area (Å²) in [4.78, 5) is 0. The summed E-state index contributed by atoms with van der Waals surface area (Å²) >= 11 is 0. The molecule has 0 saturated heterocycles. The van der Waals surface area contributed by atoms with E-state index in [4.69, 9.17) is 0 Å². The standard InChI is InChI=1S/C3H9P.Au/c1-4(2)3;/h1-3H3;/p+1. The molecule has 0 aromatic carbocycles. The molecule has 0 aliphatic rings. The number of hydrogen-bond acceptors (Lipinski definition) is 0. The summed E-state index contributed by atoms with van der Waals surface area (Å²) in [5.74, 6) is 0. The van der Waals surface area contributed by atoms with E-state index in [1.807, 2.05) is 0 Å². The smallest absolute Gasteiger partial charge is 0.00840 e. The average Bonchev–Trinajstić information content (AvgIpc) is 0.811. The van der Waals surface area contributed by atoms with Crippen molar-refractivity contribution in [2.24, 2.45) is 0 Å². The van der Waals surface area contributed by atoms with Crippen LogP contribution in [0.5, 0.6) is 0 Å². The van der Waals surface area contributed by atoms with Crippen molar-refractivity contribution in [3.63, 3.8) is 0 Å². The molecular weight excluding hydrogens is 264 g/mol. The zero-order valence-electron chi connectivity index (χ0n) is 3.80. The average molecular weight is 274 g/mol. The fourth-order valence-corrected chi connectivity index (χ4v) is 0. The van der Waals surface area contributed by atoms with E-state index in [9.17, 15) is 0 Å². The molecule has 0 bridgehead atoms. The Balaban J connectivity index is 0. The summed E-state index contributed by atoms with van der Waals surface area (Å²) in [5, 5.41) is 0. The SMILES string of the molecule is C[PH+](C)C.[Au]. The first-order valence-electron chi connectivity index (χ1n) is 1.50. The molecule has 0 atom stereocenters. The molecule has 0 heterocycles. The fourth-order valence-electron chi connectivity index (χ4n) is 0. The van der Waals surface area contributed by atoms with E-state index < -0.39 is 0 Å². The zero-order valence-corrected chi connectivity index (χ0v) is 6.97. The first-order chi connectivity index (χ1) is 1.73. The van der Waals surface area contributed by atoms with Gasteiger partial charge in [-0.05, 0) is 7.92 Å². The van der Waals surface area contributed by atoms with Crippen molar-refractivity contribution in [2.45, 2.75) is 0 Å². The van der Waals surface area contributed by atoms with Crippen LogP contribution in [0.25, 0.3) is 0 Å². The molecule has 0 aromatic heterocycles. The van der Waals surface area contributed by atoms with Crippen LogP contribution in [0.15, 0.2) is 0 Å². The van der Waals surface area contributed by atoms with Crippen LogP contribution in [0, 0.1) is 0 Å². The molecule has 0 aliphatic carbocycles. The van der Waals surface area contributed by atoms with Gasteiger partial charge in [0.25, 0.3) is 0 Å². The summed E-state index contributed by atoms with van der Waals surface area (Å²) in [6.45, 7) is 6.81. The number of hydrogen-bond donors (Lipinski definition) is 0. The van der Waals surface area contributed by atoms with Crippen molar-refractivity contribution in [3.05, 3.63) is 0 Å². The maximum Gasteiger partial charge on any atom is 0.0461 e. The molecule has 2 heteroatoms. The van der Waals surface area contributed by atoms with Gasteiger partial charge in [0.1, 0.15) is 0 Å². The maximum atomic E-state index is 2.27. The van der Waals surface area contributed by atoms with Crippen molar-refractivity contribution in [2.75, 3.05) is 20.0 Å². The second-order valence-corrected chi connectivity index (χ2v) is 4.50. The molecule has 0 rings (SSSR count). The molecule has 0 N–H and O–H groups in total. The van der Waals surface area contributed by atoms with Crippen LogP contribution in [-0.2, 0) is 22.4 Å². The van der Waals surface area contributed by atoms with Gasteiger partial charge in [0, 0.05) is 42.4 Å². The summed E-state index contributed by atoms with van der Waals surface area (Å²) in [6.07, 6.45) is 0. The van der Waals surface area contributed by atoms with Crippen molar-refractivity contribution < 1.29 is 22.4 Å². The number of rotatable bonds is 0. The predicted molar refractivity (Wildman–Crippen MR) is 26.1 cm³/mol. The Morgan fingerprint density at radius 1 is 1.00 bits per heavy atom. The van der Waals surface area contributed by atoms with Crippen LogP contribution in [0.4, 0.5) is 0 Å². The summed E-state index contributed by atoms with van der Waals surface area (Å²) in [5.41, 5.74) is 0. The van der Waals surface area contributed by atoms with Crippen molar-refractivity contribution in [1.29, 1.82) is 0 Å². The molecule has 0 aromatic rings. The summed E-state index contributed by atoms with van der Waals surface area (Å²) < 4.78 is 0. The van der Waals surface area contributed by atoms with E-state index in [2.05, 4.69) is 20.0 Å². The molecule has 0 unspecified atom stereocenters. The van der Waals surface area contributed by atoms with Crippen LogP contribution in [-0.4, -0.2) is 20.0 Å². The normalized spacial score (nSPS) is 7.20. The van der Waals surface area contributed by atoms with Crippen molar-refractivity contribution in [1.82, 2.24) is 0 Å². The quantitative estimate of drug-likeness (QED) is 0.458. The zero-order chi connectivity index (χ0) is 3.58. The van der Waals surface area contributed by atoms with Crippen molar-refractivity contribution >= 4 is 7.92 Å². The second-order valence-electron chi connectivity index (χ2n) is 1.50. The molecule has 0 nitrogen and oxygen atoms in total. The Kier molecular flexibility index (Phi) is 9.81. The first kappa shape index (κ1) is 9.48. The van der Waals surface area contributed by atoms with Gasteiger partial charge >= 0.3 is 0 Å². The van der Waals surface area contributed by atoms with E-state index in [0.29, 0.717) is 0 Å². The van der Waals surface area contributed by atoms with Crippen molar-refractivity contribution in [3.8, 4) is 0 Å². The van der Waals surface area contributed by atoms with E-state index in [1.165, 1.54) is 0 Å². The molecule has 37 valence electrons. The molecule has 0 spiro atoms. The third kappa shape index (κ3) is 37.9. The topological polar surface area (TPSA) is 0 Å². The minimum Gasteiger partial charge on any atom is -0.00840 e. The Morgan fingerprint density at radius 3 is 1.00 bits per heavy atom. The Hall–Kier alpha value is 1.17. The van der Waals surface area contributed by atoms with Gasteiger partial charge in [-0.2, -0.15) is 0 Å². The molecule has 0 fully saturated rings. The van der Waals surface area contributed by atoms with Crippen LogP contribution in [0.2, 0.25) is 0 Å². The fraction of sp³-hybridized carbons (Fsp3) is 1.00. The van der Waals surface area contributed by atoms with E-state index >= 15 is 0 Å².